The normalized spacial score (nSPS) is 10.9. The van der Waals surface area contributed by atoms with Crippen molar-refractivity contribution in [1.29, 1.82) is 5.26 Å². The Kier molecular flexibility index (Phi) is 9.06. The van der Waals surface area contributed by atoms with Gasteiger partial charge in [0, 0.05) is 11.4 Å². The number of ether oxygens (including phenoxy) is 2. The number of carbonyl (C=O) groups is 2. The first-order chi connectivity index (χ1) is 17.7. The molecule has 0 saturated heterocycles. The minimum atomic E-state index is -0.504. The van der Waals surface area contributed by atoms with Crippen molar-refractivity contribution < 1.29 is 19.1 Å². The van der Waals surface area contributed by atoms with Crippen molar-refractivity contribution in [3.8, 4) is 17.6 Å². The number of nitrogens with zero attached hydrogens (tertiary/aromatic N) is 1. The Labute approximate surface area is 217 Å². The lowest BCUT2D eigenvalue weighted by molar-refractivity contribution is -0.118. The van der Waals surface area contributed by atoms with E-state index >= 15 is 0 Å². The fraction of sp³-hybridized carbons (Fsp3) is 0.233. The molecule has 0 bridgehead atoms. The lowest BCUT2D eigenvalue weighted by Gasteiger charge is -2.13. The van der Waals surface area contributed by atoms with Crippen LogP contribution in [0.1, 0.15) is 34.7 Å². The van der Waals surface area contributed by atoms with Gasteiger partial charge in [-0.2, -0.15) is 5.26 Å². The van der Waals surface area contributed by atoms with Crippen LogP contribution in [0, 0.1) is 39.0 Å². The van der Waals surface area contributed by atoms with Gasteiger partial charge in [0.25, 0.3) is 11.8 Å². The molecule has 2 N–H and O–H groups in total. The summed E-state index contributed by atoms with van der Waals surface area (Å²) >= 11 is 0. The van der Waals surface area contributed by atoms with Gasteiger partial charge in [0.15, 0.2) is 18.1 Å². The van der Waals surface area contributed by atoms with Crippen molar-refractivity contribution in [3.63, 3.8) is 0 Å². The van der Waals surface area contributed by atoms with E-state index in [-0.39, 0.29) is 18.1 Å². The van der Waals surface area contributed by atoms with Crippen LogP contribution in [0.3, 0.4) is 0 Å². The van der Waals surface area contributed by atoms with E-state index in [0.717, 1.165) is 22.3 Å². The number of aryl methyl sites for hydroxylation is 4. The molecule has 0 radical (unpaired) electrons. The van der Waals surface area contributed by atoms with Gasteiger partial charge in [-0.15, -0.1) is 0 Å². The standard InChI is InChI=1S/C30H31N3O4/c1-6-36-28-16-23(15-24(17-31)30(35)33-26-11-7-19(2)13-22(26)5)9-12-27(28)37-18-29(34)32-25-10-8-20(3)21(4)14-25/h7-16H,6,18H2,1-5H3,(H,32,34)(H,33,35)/b24-15+. The summed E-state index contributed by atoms with van der Waals surface area (Å²) in [7, 11) is 0. The molecule has 37 heavy (non-hydrogen) atoms. The second kappa shape index (κ2) is 12.4. The van der Waals surface area contributed by atoms with Gasteiger partial charge in [0.05, 0.1) is 6.61 Å². The average Bonchev–Trinajstić information content (AvgIpc) is 2.86. The molecule has 0 saturated carbocycles. The van der Waals surface area contributed by atoms with Crippen LogP contribution in [0.4, 0.5) is 11.4 Å². The minimum Gasteiger partial charge on any atom is -0.490 e. The fourth-order valence-electron chi connectivity index (χ4n) is 3.62. The maximum Gasteiger partial charge on any atom is 0.266 e. The Bertz CT molecular complexity index is 1390. The van der Waals surface area contributed by atoms with Gasteiger partial charge in [-0.3, -0.25) is 9.59 Å². The quantitative estimate of drug-likeness (QED) is 0.284. The van der Waals surface area contributed by atoms with Crippen LogP contribution in [0.15, 0.2) is 60.2 Å². The molecule has 3 rings (SSSR count). The Balaban J connectivity index is 1.72. The third kappa shape index (κ3) is 7.45. The fourth-order valence-corrected chi connectivity index (χ4v) is 3.62. The average molecular weight is 498 g/mol. The molecule has 0 fully saturated rings. The maximum atomic E-state index is 12.7. The molecule has 0 atom stereocenters. The SMILES string of the molecule is CCOc1cc(/C=C(\C#N)C(=O)Nc2ccc(C)cc2C)ccc1OCC(=O)Nc1ccc(C)c(C)c1. The second-order valence-electron chi connectivity index (χ2n) is 8.72. The second-order valence-corrected chi connectivity index (χ2v) is 8.72. The molecule has 0 heterocycles. The lowest BCUT2D eigenvalue weighted by atomic mass is 10.1. The molecule has 3 aromatic rings. The first-order valence-electron chi connectivity index (χ1n) is 12.0. The molecule has 0 aliphatic carbocycles. The summed E-state index contributed by atoms with van der Waals surface area (Å²) in [6.07, 6.45) is 1.48. The van der Waals surface area contributed by atoms with E-state index in [4.69, 9.17) is 9.47 Å². The number of hydrogen-bond donors (Lipinski definition) is 2. The molecule has 2 amide bonds. The zero-order valence-electron chi connectivity index (χ0n) is 21.8. The Hall–Kier alpha value is -4.57. The highest BCUT2D eigenvalue weighted by Gasteiger charge is 2.13. The van der Waals surface area contributed by atoms with E-state index in [2.05, 4.69) is 10.6 Å². The maximum absolute atomic E-state index is 12.7. The molecule has 0 unspecified atom stereocenters. The number of nitriles is 1. The van der Waals surface area contributed by atoms with Crippen molar-refractivity contribution in [2.75, 3.05) is 23.8 Å². The summed E-state index contributed by atoms with van der Waals surface area (Å²) in [6.45, 7) is 9.86. The third-order valence-corrected chi connectivity index (χ3v) is 5.72. The minimum absolute atomic E-state index is 0.0520. The topological polar surface area (TPSA) is 100 Å². The first kappa shape index (κ1) is 27.0. The molecule has 0 aromatic heterocycles. The van der Waals surface area contributed by atoms with E-state index < -0.39 is 5.91 Å². The van der Waals surface area contributed by atoms with Crippen molar-refractivity contribution in [1.82, 2.24) is 0 Å². The molecule has 0 aliphatic heterocycles. The molecule has 7 heteroatoms. The molecular weight excluding hydrogens is 466 g/mol. The molecule has 0 spiro atoms. The van der Waals surface area contributed by atoms with Crippen molar-refractivity contribution in [3.05, 3.63) is 88.0 Å². The van der Waals surface area contributed by atoms with E-state index in [1.54, 1.807) is 18.2 Å². The van der Waals surface area contributed by atoms with Crippen LogP contribution in [0.2, 0.25) is 0 Å². The van der Waals surface area contributed by atoms with Gasteiger partial charge in [-0.1, -0.05) is 29.8 Å². The van der Waals surface area contributed by atoms with Crippen LogP contribution < -0.4 is 20.1 Å². The predicted molar refractivity (Wildman–Crippen MR) is 146 cm³/mol. The van der Waals surface area contributed by atoms with Crippen molar-refractivity contribution in [2.45, 2.75) is 34.6 Å². The van der Waals surface area contributed by atoms with Crippen LogP contribution >= 0.6 is 0 Å². The summed E-state index contributed by atoms with van der Waals surface area (Å²) < 4.78 is 11.4. The van der Waals surface area contributed by atoms with E-state index in [9.17, 15) is 14.9 Å². The van der Waals surface area contributed by atoms with E-state index in [1.165, 1.54) is 6.08 Å². The number of nitrogens with one attached hydrogen (secondary N) is 2. The summed E-state index contributed by atoms with van der Waals surface area (Å²) in [4.78, 5) is 25.1. The summed E-state index contributed by atoms with van der Waals surface area (Å²) in [5.74, 6) is -0.0185. The number of hydrogen-bond acceptors (Lipinski definition) is 5. The van der Waals surface area contributed by atoms with Crippen LogP contribution in [0.25, 0.3) is 6.08 Å². The van der Waals surface area contributed by atoms with Gasteiger partial charge in [0.1, 0.15) is 11.6 Å². The van der Waals surface area contributed by atoms with Gasteiger partial charge >= 0.3 is 0 Å². The van der Waals surface area contributed by atoms with Crippen LogP contribution in [-0.4, -0.2) is 25.0 Å². The van der Waals surface area contributed by atoms with Gasteiger partial charge in [-0.25, -0.2) is 0 Å². The number of rotatable bonds is 9. The molecular formula is C30H31N3O4. The number of carbonyl (C=O) groups excluding carboxylic acids is 2. The molecule has 3 aromatic carbocycles. The predicted octanol–water partition coefficient (Wildman–Crippen LogP) is 5.88. The highest BCUT2D eigenvalue weighted by molar-refractivity contribution is 6.10. The van der Waals surface area contributed by atoms with Crippen molar-refractivity contribution >= 4 is 29.3 Å². The van der Waals surface area contributed by atoms with Crippen LogP contribution in [-0.2, 0) is 9.59 Å². The van der Waals surface area contributed by atoms with Crippen LogP contribution in [0.5, 0.6) is 11.5 Å². The lowest BCUT2D eigenvalue weighted by Crippen LogP contribution is -2.20. The first-order valence-corrected chi connectivity index (χ1v) is 12.0. The zero-order chi connectivity index (χ0) is 26.9. The van der Waals surface area contributed by atoms with Crippen molar-refractivity contribution in [2.24, 2.45) is 0 Å². The summed E-state index contributed by atoms with van der Waals surface area (Å²) in [5.41, 5.74) is 6.10. The smallest absolute Gasteiger partial charge is 0.266 e. The largest absolute Gasteiger partial charge is 0.490 e. The highest BCUT2D eigenvalue weighted by Crippen LogP contribution is 2.30. The van der Waals surface area contributed by atoms with E-state index in [0.29, 0.717) is 35.0 Å². The Morgan fingerprint density at radius 2 is 1.65 bits per heavy atom. The molecule has 190 valence electrons. The van der Waals surface area contributed by atoms with Gasteiger partial charge in [0.2, 0.25) is 0 Å². The monoisotopic (exact) mass is 497 g/mol. The Morgan fingerprint density at radius 3 is 2.32 bits per heavy atom. The summed E-state index contributed by atoms with van der Waals surface area (Å²) in [6, 6.07) is 18.3. The zero-order valence-corrected chi connectivity index (χ0v) is 21.8. The molecule has 0 aliphatic rings. The summed E-state index contributed by atoms with van der Waals surface area (Å²) in [5, 5.41) is 15.2. The number of benzene rings is 3. The molecule has 7 nitrogen and oxygen atoms in total. The third-order valence-electron chi connectivity index (χ3n) is 5.72. The van der Waals surface area contributed by atoms with E-state index in [1.807, 2.05) is 77.1 Å². The highest BCUT2D eigenvalue weighted by atomic mass is 16.5. The number of amides is 2. The van der Waals surface area contributed by atoms with Gasteiger partial charge in [-0.05, 0) is 93.3 Å². The number of anilines is 2. The Morgan fingerprint density at radius 1 is 0.865 bits per heavy atom. The van der Waals surface area contributed by atoms with Gasteiger partial charge < -0.3 is 20.1 Å².